The lowest BCUT2D eigenvalue weighted by molar-refractivity contribution is -0.137. The SMILES string of the molecule is O=C(O)Cn1ccn2cnnc2c1=O. The molecule has 0 unspecified atom stereocenters. The van der Waals surface area contributed by atoms with E-state index in [1.54, 1.807) is 0 Å². The number of nitrogens with zero attached hydrogens (tertiary/aromatic N) is 4. The van der Waals surface area contributed by atoms with Crippen LogP contribution in [0.25, 0.3) is 5.65 Å². The molecule has 0 atom stereocenters. The fourth-order valence-electron chi connectivity index (χ4n) is 1.12. The van der Waals surface area contributed by atoms with Crippen molar-refractivity contribution < 1.29 is 9.90 Å². The van der Waals surface area contributed by atoms with Crippen LogP contribution in [0.3, 0.4) is 0 Å². The van der Waals surface area contributed by atoms with Crippen molar-refractivity contribution in [2.24, 2.45) is 0 Å². The molecule has 0 saturated heterocycles. The second-order valence-corrected chi connectivity index (χ2v) is 2.69. The lowest BCUT2D eigenvalue weighted by Crippen LogP contribution is -2.25. The topological polar surface area (TPSA) is 89.5 Å². The van der Waals surface area contributed by atoms with Gasteiger partial charge in [-0.25, -0.2) is 0 Å². The minimum Gasteiger partial charge on any atom is -0.480 e. The summed E-state index contributed by atoms with van der Waals surface area (Å²) in [5.74, 6) is -1.07. The van der Waals surface area contributed by atoms with Crippen LogP contribution >= 0.6 is 0 Å². The Bertz CT molecular complexity index is 541. The summed E-state index contributed by atoms with van der Waals surface area (Å²) in [4.78, 5) is 21.9. The second-order valence-electron chi connectivity index (χ2n) is 2.69. The average Bonchev–Trinajstić information content (AvgIpc) is 2.57. The molecular formula is C7H6N4O3. The first-order valence-electron chi connectivity index (χ1n) is 3.79. The Labute approximate surface area is 77.2 Å². The Morgan fingerprint density at radius 2 is 2.29 bits per heavy atom. The number of rotatable bonds is 2. The summed E-state index contributed by atoms with van der Waals surface area (Å²) in [6.45, 7) is -0.373. The van der Waals surface area contributed by atoms with Gasteiger partial charge in [-0.2, -0.15) is 0 Å². The Morgan fingerprint density at radius 1 is 1.50 bits per heavy atom. The standard InChI is InChI=1S/C7H6N4O3/c12-5(13)3-10-1-2-11-4-8-9-6(11)7(10)14/h1-2,4H,3H2,(H,12,13). The summed E-state index contributed by atoms with van der Waals surface area (Å²) in [5.41, 5.74) is -0.346. The van der Waals surface area contributed by atoms with Gasteiger partial charge in [0.05, 0.1) is 0 Å². The Balaban J connectivity index is 2.62. The zero-order valence-corrected chi connectivity index (χ0v) is 6.99. The van der Waals surface area contributed by atoms with Crippen molar-refractivity contribution in [2.45, 2.75) is 6.54 Å². The molecule has 2 aromatic heterocycles. The zero-order chi connectivity index (χ0) is 10.1. The van der Waals surface area contributed by atoms with Gasteiger partial charge in [0.2, 0.25) is 5.65 Å². The predicted molar refractivity (Wildman–Crippen MR) is 44.9 cm³/mol. The maximum Gasteiger partial charge on any atom is 0.323 e. The van der Waals surface area contributed by atoms with Gasteiger partial charge in [0.15, 0.2) is 0 Å². The summed E-state index contributed by atoms with van der Waals surface area (Å²) in [7, 11) is 0. The van der Waals surface area contributed by atoms with E-state index >= 15 is 0 Å². The van der Waals surface area contributed by atoms with Crippen LogP contribution in [0.5, 0.6) is 0 Å². The second kappa shape index (κ2) is 2.95. The third kappa shape index (κ3) is 1.24. The molecule has 1 N–H and O–H groups in total. The van der Waals surface area contributed by atoms with Crippen molar-refractivity contribution in [3.63, 3.8) is 0 Å². The largest absolute Gasteiger partial charge is 0.480 e. The van der Waals surface area contributed by atoms with E-state index < -0.39 is 11.5 Å². The van der Waals surface area contributed by atoms with Gasteiger partial charge in [-0.15, -0.1) is 10.2 Å². The van der Waals surface area contributed by atoms with Crippen LogP contribution in [0.4, 0.5) is 0 Å². The number of carbonyl (C=O) groups is 1. The first-order valence-corrected chi connectivity index (χ1v) is 3.79. The molecular weight excluding hydrogens is 188 g/mol. The Kier molecular flexibility index (Phi) is 1.77. The first-order chi connectivity index (χ1) is 6.68. The van der Waals surface area contributed by atoms with Crippen molar-refractivity contribution in [1.82, 2.24) is 19.2 Å². The van der Waals surface area contributed by atoms with Crippen LogP contribution in [0.15, 0.2) is 23.5 Å². The van der Waals surface area contributed by atoms with Crippen LogP contribution in [0.1, 0.15) is 0 Å². The van der Waals surface area contributed by atoms with E-state index in [1.165, 1.54) is 23.1 Å². The third-order valence-corrected chi connectivity index (χ3v) is 1.74. The number of carboxylic acids is 1. The first kappa shape index (κ1) is 8.42. The predicted octanol–water partition coefficient (Wildman–Crippen LogP) is -1.02. The lowest BCUT2D eigenvalue weighted by Gasteiger charge is -2.00. The van der Waals surface area contributed by atoms with Crippen molar-refractivity contribution in [3.05, 3.63) is 29.1 Å². The molecule has 2 aromatic rings. The molecule has 0 aliphatic rings. The van der Waals surface area contributed by atoms with Crippen LogP contribution in [0, 0.1) is 0 Å². The lowest BCUT2D eigenvalue weighted by atomic mass is 10.5. The fourth-order valence-corrected chi connectivity index (χ4v) is 1.12. The van der Waals surface area contributed by atoms with Gasteiger partial charge < -0.3 is 5.11 Å². The summed E-state index contributed by atoms with van der Waals surface area (Å²) in [6.07, 6.45) is 4.29. The molecule has 0 fully saturated rings. The van der Waals surface area contributed by atoms with Gasteiger partial charge >= 0.3 is 5.97 Å². The van der Waals surface area contributed by atoms with Gasteiger partial charge in [0.25, 0.3) is 5.56 Å². The molecule has 7 nitrogen and oxygen atoms in total. The van der Waals surface area contributed by atoms with Crippen LogP contribution in [0.2, 0.25) is 0 Å². The molecule has 0 spiro atoms. The zero-order valence-electron chi connectivity index (χ0n) is 6.99. The molecule has 0 aromatic carbocycles. The van der Waals surface area contributed by atoms with E-state index in [2.05, 4.69) is 10.2 Å². The molecule has 2 rings (SSSR count). The van der Waals surface area contributed by atoms with E-state index in [4.69, 9.17) is 5.11 Å². The fraction of sp³-hybridized carbons (Fsp3) is 0.143. The smallest absolute Gasteiger partial charge is 0.323 e. The molecule has 0 radical (unpaired) electrons. The van der Waals surface area contributed by atoms with E-state index in [9.17, 15) is 9.59 Å². The molecule has 0 bridgehead atoms. The summed E-state index contributed by atoms with van der Waals surface area (Å²) in [6, 6.07) is 0. The monoisotopic (exact) mass is 194 g/mol. The molecule has 0 saturated carbocycles. The van der Waals surface area contributed by atoms with E-state index in [-0.39, 0.29) is 12.2 Å². The van der Waals surface area contributed by atoms with Crippen molar-refractivity contribution in [2.75, 3.05) is 0 Å². The average molecular weight is 194 g/mol. The Hall–Kier alpha value is -2.18. The maximum absolute atomic E-state index is 11.5. The highest BCUT2D eigenvalue weighted by Gasteiger charge is 2.06. The number of hydrogen-bond donors (Lipinski definition) is 1. The van der Waals surface area contributed by atoms with Crippen molar-refractivity contribution in [1.29, 1.82) is 0 Å². The minimum absolute atomic E-state index is 0.119. The minimum atomic E-state index is -1.07. The molecule has 72 valence electrons. The third-order valence-electron chi connectivity index (χ3n) is 1.74. The van der Waals surface area contributed by atoms with Gasteiger partial charge in [-0.1, -0.05) is 0 Å². The van der Waals surface area contributed by atoms with Crippen LogP contribution in [-0.4, -0.2) is 30.2 Å². The van der Waals surface area contributed by atoms with Crippen molar-refractivity contribution in [3.8, 4) is 0 Å². The molecule has 0 aliphatic carbocycles. The molecule has 2 heterocycles. The quantitative estimate of drug-likeness (QED) is 0.660. The highest BCUT2D eigenvalue weighted by atomic mass is 16.4. The van der Waals surface area contributed by atoms with Crippen LogP contribution in [-0.2, 0) is 11.3 Å². The van der Waals surface area contributed by atoms with E-state index in [1.807, 2.05) is 0 Å². The van der Waals surface area contributed by atoms with Gasteiger partial charge in [-0.05, 0) is 0 Å². The van der Waals surface area contributed by atoms with Gasteiger partial charge in [0, 0.05) is 12.4 Å². The number of aliphatic carboxylic acids is 1. The summed E-state index contributed by atoms with van der Waals surface area (Å²) < 4.78 is 2.49. The highest BCUT2D eigenvalue weighted by molar-refractivity contribution is 5.66. The molecule has 7 heteroatoms. The van der Waals surface area contributed by atoms with Crippen LogP contribution < -0.4 is 5.56 Å². The van der Waals surface area contributed by atoms with Gasteiger partial charge in [-0.3, -0.25) is 18.6 Å². The number of hydrogen-bond acceptors (Lipinski definition) is 4. The molecule has 14 heavy (non-hydrogen) atoms. The summed E-state index contributed by atoms with van der Waals surface area (Å²) >= 11 is 0. The van der Waals surface area contributed by atoms with Crippen molar-refractivity contribution >= 4 is 11.6 Å². The Morgan fingerprint density at radius 3 is 3.00 bits per heavy atom. The number of aromatic nitrogens is 4. The van der Waals surface area contributed by atoms with E-state index in [0.29, 0.717) is 0 Å². The van der Waals surface area contributed by atoms with E-state index in [0.717, 1.165) is 4.57 Å². The number of carboxylic acid groups (broad SMARTS) is 1. The normalized spacial score (nSPS) is 10.6. The summed E-state index contributed by atoms with van der Waals surface area (Å²) in [5, 5.41) is 15.6. The highest BCUT2D eigenvalue weighted by Crippen LogP contribution is 1.90. The maximum atomic E-state index is 11.5. The molecule has 0 amide bonds. The van der Waals surface area contributed by atoms with Gasteiger partial charge in [0.1, 0.15) is 12.9 Å². The number of fused-ring (bicyclic) bond motifs is 1. The molecule has 0 aliphatic heterocycles.